The van der Waals surface area contributed by atoms with Crippen molar-refractivity contribution in [2.75, 3.05) is 4.90 Å². The van der Waals surface area contributed by atoms with E-state index >= 15 is 0 Å². The van der Waals surface area contributed by atoms with Gasteiger partial charge >= 0.3 is 5.63 Å². The van der Waals surface area contributed by atoms with Crippen molar-refractivity contribution < 1.29 is 13.6 Å². The van der Waals surface area contributed by atoms with Gasteiger partial charge in [0.25, 0.3) is 0 Å². The smallest absolute Gasteiger partial charge is 0.345 e. The number of halogens is 1. The summed E-state index contributed by atoms with van der Waals surface area (Å²) in [7, 11) is 0. The van der Waals surface area contributed by atoms with Crippen LogP contribution in [0.4, 0.5) is 15.2 Å². The fraction of sp³-hybridized carbons (Fsp3) is 0.0417. The molecule has 0 aliphatic carbocycles. The third-order valence-corrected chi connectivity index (χ3v) is 5.83. The Balaban J connectivity index is 1.64. The summed E-state index contributed by atoms with van der Waals surface area (Å²) < 4.78 is 18.9. The topological polar surface area (TPSA) is 63.4 Å². The van der Waals surface area contributed by atoms with E-state index in [0.717, 1.165) is 16.2 Å². The SMILES string of the molecule is CC(=O)N(c1ccc(F)cc1)c1nc(-c2cc3c(ccc4ccccc43)oc2=O)cs1. The molecule has 0 atom stereocenters. The highest BCUT2D eigenvalue weighted by atomic mass is 32.1. The molecule has 2 heterocycles. The second kappa shape index (κ2) is 7.45. The Labute approximate surface area is 180 Å². The molecule has 5 rings (SSSR count). The third-order valence-electron chi connectivity index (χ3n) is 5.00. The van der Waals surface area contributed by atoms with Crippen LogP contribution < -0.4 is 10.5 Å². The number of nitrogens with zero attached hydrogens (tertiary/aromatic N) is 2. The fourth-order valence-corrected chi connectivity index (χ4v) is 4.45. The number of thiazole rings is 1. The van der Waals surface area contributed by atoms with Crippen molar-refractivity contribution in [3.63, 3.8) is 0 Å². The van der Waals surface area contributed by atoms with Gasteiger partial charge in [0, 0.05) is 17.7 Å². The minimum atomic E-state index is -0.504. The molecule has 31 heavy (non-hydrogen) atoms. The highest BCUT2D eigenvalue weighted by molar-refractivity contribution is 7.14. The number of amides is 1. The molecule has 5 nitrogen and oxygen atoms in total. The van der Waals surface area contributed by atoms with Gasteiger partial charge in [0.1, 0.15) is 11.4 Å². The number of carbonyl (C=O) groups is 1. The monoisotopic (exact) mass is 430 g/mol. The lowest BCUT2D eigenvalue weighted by Crippen LogP contribution is -2.22. The molecule has 0 bridgehead atoms. The van der Waals surface area contributed by atoms with Crippen molar-refractivity contribution in [3.8, 4) is 11.3 Å². The van der Waals surface area contributed by atoms with Crippen LogP contribution in [-0.2, 0) is 4.79 Å². The molecular weight excluding hydrogens is 415 g/mol. The number of hydrogen-bond donors (Lipinski definition) is 0. The first-order chi connectivity index (χ1) is 15.0. The molecule has 3 aromatic carbocycles. The Kier molecular flexibility index (Phi) is 4.60. The molecule has 0 aliphatic heterocycles. The molecule has 0 saturated heterocycles. The van der Waals surface area contributed by atoms with Crippen LogP contribution in [0.5, 0.6) is 0 Å². The molecule has 1 amide bonds. The average molecular weight is 430 g/mol. The predicted octanol–water partition coefficient (Wildman–Crippen LogP) is 5.89. The number of hydrogen-bond acceptors (Lipinski definition) is 5. The normalized spacial score (nSPS) is 11.2. The van der Waals surface area contributed by atoms with Crippen LogP contribution in [0, 0.1) is 5.82 Å². The molecular formula is C24H15FN2O3S. The zero-order valence-electron chi connectivity index (χ0n) is 16.3. The van der Waals surface area contributed by atoms with E-state index in [4.69, 9.17) is 4.42 Å². The van der Waals surface area contributed by atoms with Crippen LogP contribution in [0.3, 0.4) is 0 Å². The minimum absolute atomic E-state index is 0.274. The van der Waals surface area contributed by atoms with Crippen molar-refractivity contribution in [1.82, 2.24) is 4.98 Å². The number of aromatic nitrogens is 1. The maximum atomic E-state index is 13.3. The molecule has 0 unspecified atom stereocenters. The first-order valence-corrected chi connectivity index (χ1v) is 10.4. The Hall–Kier alpha value is -3.84. The van der Waals surface area contributed by atoms with Crippen molar-refractivity contribution in [1.29, 1.82) is 0 Å². The van der Waals surface area contributed by atoms with Crippen LogP contribution in [-0.4, -0.2) is 10.9 Å². The maximum Gasteiger partial charge on any atom is 0.345 e. The zero-order valence-corrected chi connectivity index (χ0v) is 17.2. The van der Waals surface area contributed by atoms with Gasteiger partial charge in [-0.1, -0.05) is 30.3 Å². The summed E-state index contributed by atoms with van der Waals surface area (Å²) in [4.78, 5) is 30.8. The van der Waals surface area contributed by atoms with Crippen LogP contribution in [0.25, 0.3) is 33.0 Å². The molecule has 0 saturated carbocycles. The quantitative estimate of drug-likeness (QED) is 0.264. The van der Waals surface area contributed by atoms with Crippen LogP contribution in [0.2, 0.25) is 0 Å². The lowest BCUT2D eigenvalue weighted by Gasteiger charge is -2.17. The Morgan fingerprint density at radius 1 is 1.03 bits per heavy atom. The molecule has 0 spiro atoms. The summed E-state index contributed by atoms with van der Waals surface area (Å²) in [6.45, 7) is 1.40. The van der Waals surface area contributed by atoms with E-state index in [9.17, 15) is 14.0 Å². The van der Waals surface area contributed by atoms with Crippen LogP contribution in [0.15, 0.2) is 81.3 Å². The van der Waals surface area contributed by atoms with E-state index in [0.29, 0.717) is 27.7 Å². The van der Waals surface area contributed by atoms with Crippen molar-refractivity contribution in [3.05, 3.63) is 88.3 Å². The second-order valence-electron chi connectivity index (χ2n) is 6.99. The van der Waals surface area contributed by atoms with Crippen molar-refractivity contribution in [2.45, 2.75) is 6.92 Å². The summed E-state index contributed by atoms with van der Waals surface area (Å²) in [5, 5.41) is 4.90. The average Bonchev–Trinajstić information content (AvgIpc) is 3.23. The molecule has 2 aromatic heterocycles. The predicted molar refractivity (Wildman–Crippen MR) is 120 cm³/mol. The Morgan fingerprint density at radius 3 is 2.58 bits per heavy atom. The summed E-state index contributed by atoms with van der Waals surface area (Å²) in [6.07, 6.45) is 0. The van der Waals surface area contributed by atoms with Gasteiger partial charge in [-0.3, -0.25) is 9.69 Å². The Bertz CT molecular complexity index is 1510. The van der Waals surface area contributed by atoms with Gasteiger partial charge in [0.05, 0.1) is 16.9 Å². The van der Waals surface area contributed by atoms with Crippen LogP contribution >= 0.6 is 11.3 Å². The molecule has 7 heteroatoms. The van der Waals surface area contributed by atoms with E-state index in [-0.39, 0.29) is 5.91 Å². The fourth-order valence-electron chi connectivity index (χ4n) is 3.56. The third kappa shape index (κ3) is 3.39. The van der Waals surface area contributed by atoms with Gasteiger partial charge < -0.3 is 4.42 Å². The van der Waals surface area contributed by atoms with E-state index in [1.54, 1.807) is 17.5 Å². The summed E-state index contributed by atoms with van der Waals surface area (Å²) in [5.74, 6) is -0.669. The Morgan fingerprint density at radius 2 is 1.81 bits per heavy atom. The molecule has 0 N–H and O–H groups in total. The van der Waals surface area contributed by atoms with Gasteiger partial charge in [0.15, 0.2) is 5.13 Å². The first-order valence-electron chi connectivity index (χ1n) is 9.49. The second-order valence-corrected chi connectivity index (χ2v) is 7.83. The van der Waals surface area contributed by atoms with Gasteiger partial charge in [-0.05, 0) is 47.2 Å². The zero-order chi connectivity index (χ0) is 21.5. The van der Waals surface area contributed by atoms with Gasteiger partial charge in [-0.15, -0.1) is 11.3 Å². The number of anilines is 2. The highest BCUT2D eigenvalue weighted by Gasteiger charge is 2.20. The van der Waals surface area contributed by atoms with E-state index in [1.165, 1.54) is 47.4 Å². The molecule has 5 aromatic rings. The van der Waals surface area contributed by atoms with E-state index in [2.05, 4.69) is 4.98 Å². The largest absolute Gasteiger partial charge is 0.422 e. The number of carbonyl (C=O) groups excluding carboxylic acids is 1. The summed E-state index contributed by atoms with van der Waals surface area (Å²) in [6, 6.07) is 18.9. The molecule has 0 aliphatic rings. The summed E-state index contributed by atoms with van der Waals surface area (Å²) >= 11 is 1.22. The summed E-state index contributed by atoms with van der Waals surface area (Å²) in [5.41, 5.74) is 1.22. The van der Waals surface area contributed by atoms with Crippen molar-refractivity contribution >= 4 is 49.8 Å². The molecule has 0 fully saturated rings. The molecule has 152 valence electrons. The van der Waals surface area contributed by atoms with Gasteiger partial charge in [-0.25, -0.2) is 14.2 Å². The van der Waals surface area contributed by atoms with Crippen LogP contribution in [0.1, 0.15) is 6.92 Å². The van der Waals surface area contributed by atoms with E-state index in [1.807, 2.05) is 30.3 Å². The maximum absolute atomic E-state index is 13.3. The van der Waals surface area contributed by atoms with Gasteiger partial charge in [-0.2, -0.15) is 0 Å². The lowest BCUT2D eigenvalue weighted by molar-refractivity contribution is -0.115. The standard InChI is InChI=1S/C24H15FN2O3S/c1-14(28)27(17-9-7-16(25)8-10-17)24-26-21(13-31-24)20-12-19-18-5-3-2-4-15(18)6-11-22(19)30-23(20)29/h2-13H,1H3. The number of rotatable bonds is 3. The lowest BCUT2D eigenvalue weighted by atomic mass is 10.0. The highest BCUT2D eigenvalue weighted by Crippen LogP contribution is 2.33. The van der Waals surface area contributed by atoms with Crippen molar-refractivity contribution in [2.24, 2.45) is 0 Å². The van der Waals surface area contributed by atoms with E-state index < -0.39 is 11.4 Å². The first kappa shape index (κ1) is 19.1. The molecule has 0 radical (unpaired) electrons. The van der Waals surface area contributed by atoms with Gasteiger partial charge in [0.2, 0.25) is 5.91 Å². The number of benzene rings is 3. The number of fused-ring (bicyclic) bond motifs is 3. The minimum Gasteiger partial charge on any atom is -0.422 e.